The van der Waals surface area contributed by atoms with Crippen LogP contribution in [-0.4, -0.2) is 28.5 Å². The zero-order chi connectivity index (χ0) is 19.8. The standard InChI is InChI=1S/C24H33NO2S/c1-2-28-22-21(19-15-11-10-12-16-19)23(26)25(24(22)27)20-17-13-8-6-4-3-5-7-9-14-18-20/h10-12,15-16,20H,2-9,13-14,17-18H2,1H3. The molecule has 28 heavy (non-hydrogen) atoms. The Balaban J connectivity index is 1.82. The third kappa shape index (κ3) is 5.08. The van der Waals surface area contributed by atoms with E-state index in [1.54, 1.807) is 4.90 Å². The van der Waals surface area contributed by atoms with E-state index in [0.717, 1.165) is 37.0 Å². The number of carbonyl (C=O) groups excluding carboxylic acids is 2. The number of nitrogens with zero attached hydrogens (tertiary/aromatic N) is 1. The predicted octanol–water partition coefficient (Wildman–Crippen LogP) is 6.19. The van der Waals surface area contributed by atoms with Gasteiger partial charge in [-0.05, 0) is 24.2 Å². The lowest BCUT2D eigenvalue weighted by Crippen LogP contribution is -2.41. The van der Waals surface area contributed by atoms with E-state index in [-0.39, 0.29) is 17.9 Å². The van der Waals surface area contributed by atoms with E-state index >= 15 is 0 Å². The number of hydrogen-bond donors (Lipinski definition) is 0. The SMILES string of the molecule is CCSC1=C(c2ccccc2)C(=O)N(C2CCCCCCCCCCC2)C1=O. The van der Waals surface area contributed by atoms with Gasteiger partial charge in [-0.1, -0.05) is 95.0 Å². The lowest BCUT2D eigenvalue weighted by molar-refractivity contribution is -0.139. The van der Waals surface area contributed by atoms with E-state index < -0.39 is 0 Å². The molecular formula is C24H33NO2S. The highest BCUT2D eigenvalue weighted by Crippen LogP contribution is 2.38. The highest BCUT2D eigenvalue weighted by Gasteiger charge is 2.42. The molecule has 1 aromatic carbocycles. The highest BCUT2D eigenvalue weighted by molar-refractivity contribution is 8.04. The first kappa shape index (κ1) is 21.2. The normalized spacial score (nSPS) is 21.0. The number of carbonyl (C=O) groups is 2. The minimum Gasteiger partial charge on any atom is -0.271 e. The van der Waals surface area contributed by atoms with Crippen molar-refractivity contribution in [3.63, 3.8) is 0 Å². The summed E-state index contributed by atoms with van der Waals surface area (Å²) in [5, 5.41) is 0. The summed E-state index contributed by atoms with van der Waals surface area (Å²) < 4.78 is 0. The van der Waals surface area contributed by atoms with Crippen molar-refractivity contribution in [2.24, 2.45) is 0 Å². The van der Waals surface area contributed by atoms with E-state index in [4.69, 9.17) is 0 Å². The van der Waals surface area contributed by atoms with E-state index in [2.05, 4.69) is 0 Å². The Morgan fingerprint density at radius 2 is 1.36 bits per heavy atom. The Labute approximate surface area is 174 Å². The van der Waals surface area contributed by atoms with Crippen molar-refractivity contribution < 1.29 is 9.59 Å². The topological polar surface area (TPSA) is 37.4 Å². The van der Waals surface area contributed by atoms with Gasteiger partial charge in [-0.3, -0.25) is 14.5 Å². The van der Waals surface area contributed by atoms with Crippen LogP contribution in [0.1, 0.15) is 83.1 Å². The molecule has 2 aliphatic rings. The zero-order valence-electron chi connectivity index (χ0n) is 17.1. The third-order valence-electron chi connectivity index (χ3n) is 5.86. The van der Waals surface area contributed by atoms with Gasteiger partial charge >= 0.3 is 0 Å². The summed E-state index contributed by atoms with van der Waals surface area (Å²) in [7, 11) is 0. The molecule has 2 amide bonds. The van der Waals surface area contributed by atoms with Crippen molar-refractivity contribution in [2.45, 2.75) is 83.6 Å². The quantitative estimate of drug-likeness (QED) is 0.566. The van der Waals surface area contributed by atoms with Gasteiger partial charge in [-0.2, -0.15) is 0 Å². The molecule has 3 rings (SSSR count). The van der Waals surface area contributed by atoms with Crippen LogP contribution >= 0.6 is 11.8 Å². The first-order chi connectivity index (χ1) is 13.7. The van der Waals surface area contributed by atoms with Gasteiger partial charge in [0.1, 0.15) is 0 Å². The van der Waals surface area contributed by atoms with Gasteiger partial charge in [0.2, 0.25) is 0 Å². The molecule has 3 nitrogen and oxygen atoms in total. The van der Waals surface area contributed by atoms with E-state index in [9.17, 15) is 9.59 Å². The minimum atomic E-state index is -0.0794. The summed E-state index contributed by atoms with van der Waals surface area (Å²) in [5.41, 5.74) is 1.48. The second-order valence-corrected chi connectivity index (χ2v) is 9.17. The maximum Gasteiger partial charge on any atom is 0.268 e. The molecule has 0 N–H and O–H groups in total. The summed E-state index contributed by atoms with van der Waals surface area (Å²) in [5.74, 6) is 0.653. The summed E-state index contributed by atoms with van der Waals surface area (Å²) >= 11 is 1.51. The Morgan fingerprint density at radius 1 is 0.821 bits per heavy atom. The Kier molecular flexibility index (Phi) is 8.20. The molecule has 4 heteroatoms. The molecule has 1 saturated carbocycles. The molecule has 0 atom stereocenters. The lowest BCUT2D eigenvalue weighted by atomic mass is 9.96. The van der Waals surface area contributed by atoms with Gasteiger partial charge in [0, 0.05) is 6.04 Å². The Bertz CT molecular complexity index is 686. The molecule has 0 radical (unpaired) electrons. The van der Waals surface area contributed by atoms with Gasteiger partial charge in [0.25, 0.3) is 11.8 Å². The number of amides is 2. The average Bonchev–Trinajstić information content (AvgIpc) is 2.94. The highest BCUT2D eigenvalue weighted by atomic mass is 32.2. The van der Waals surface area contributed by atoms with Gasteiger partial charge in [0.15, 0.2) is 0 Å². The minimum absolute atomic E-state index is 0.0492. The van der Waals surface area contributed by atoms with Gasteiger partial charge < -0.3 is 0 Å². The smallest absolute Gasteiger partial charge is 0.268 e. The van der Waals surface area contributed by atoms with Crippen molar-refractivity contribution in [3.8, 4) is 0 Å². The van der Waals surface area contributed by atoms with Crippen molar-refractivity contribution in [2.75, 3.05) is 5.75 Å². The fraction of sp³-hybridized carbons (Fsp3) is 0.583. The van der Waals surface area contributed by atoms with Crippen LogP contribution in [0.5, 0.6) is 0 Å². The van der Waals surface area contributed by atoms with Crippen molar-refractivity contribution in [1.82, 2.24) is 4.90 Å². The summed E-state index contributed by atoms with van der Waals surface area (Å²) in [6.07, 6.45) is 13.1. The van der Waals surface area contributed by atoms with Crippen LogP contribution < -0.4 is 0 Å². The summed E-state index contributed by atoms with van der Waals surface area (Å²) in [6, 6.07) is 9.76. The van der Waals surface area contributed by atoms with Crippen LogP contribution in [0.3, 0.4) is 0 Å². The van der Waals surface area contributed by atoms with Crippen LogP contribution in [0.2, 0.25) is 0 Å². The lowest BCUT2D eigenvalue weighted by Gasteiger charge is -2.27. The average molecular weight is 400 g/mol. The van der Waals surface area contributed by atoms with Crippen LogP contribution in [0.4, 0.5) is 0 Å². The molecular weight excluding hydrogens is 366 g/mol. The van der Waals surface area contributed by atoms with Gasteiger partial charge in [0.05, 0.1) is 10.5 Å². The largest absolute Gasteiger partial charge is 0.271 e. The van der Waals surface area contributed by atoms with Crippen molar-refractivity contribution in [1.29, 1.82) is 0 Å². The Morgan fingerprint density at radius 3 is 1.89 bits per heavy atom. The molecule has 152 valence electrons. The van der Waals surface area contributed by atoms with E-state index in [1.165, 1.54) is 56.7 Å². The molecule has 0 saturated heterocycles. The number of benzene rings is 1. The number of imide groups is 1. The summed E-state index contributed by atoms with van der Waals surface area (Å²) in [4.78, 5) is 29.0. The maximum atomic E-state index is 13.4. The van der Waals surface area contributed by atoms with Crippen LogP contribution in [0.25, 0.3) is 5.57 Å². The molecule has 1 aliphatic carbocycles. The second kappa shape index (κ2) is 10.8. The van der Waals surface area contributed by atoms with Gasteiger partial charge in [-0.25, -0.2) is 0 Å². The predicted molar refractivity (Wildman–Crippen MR) is 118 cm³/mol. The first-order valence-electron chi connectivity index (χ1n) is 11.0. The molecule has 0 spiro atoms. The number of rotatable bonds is 4. The maximum absolute atomic E-state index is 13.4. The molecule has 1 fully saturated rings. The zero-order valence-corrected chi connectivity index (χ0v) is 17.9. The molecule has 0 bridgehead atoms. The monoisotopic (exact) mass is 399 g/mol. The number of thioether (sulfide) groups is 1. The van der Waals surface area contributed by atoms with E-state index in [1.807, 2.05) is 37.3 Å². The molecule has 1 aliphatic heterocycles. The molecule has 0 aromatic heterocycles. The fourth-order valence-electron chi connectivity index (χ4n) is 4.40. The van der Waals surface area contributed by atoms with Crippen LogP contribution in [-0.2, 0) is 9.59 Å². The van der Waals surface area contributed by atoms with E-state index in [0.29, 0.717) is 10.5 Å². The summed E-state index contributed by atoms with van der Waals surface area (Å²) in [6.45, 7) is 2.04. The van der Waals surface area contributed by atoms with Gasteiger partial charge in [-0.15, -0.1) is 11.8 Å². The fourth-order valence-corrected chi connectivity index (χ4v) is 5.26. The van der Waals surface area contributed by atoms with Crippen LogP contribution in [0.15, 0.2) is 35.2 Å². The van der Waals surface area contributed by atoms with Crippen molar-refractivity contribution >= 4 is 29.1 Å². The first-order valence-corrected chi connectivity index (χ1v) is 12.0. The number of hydrogen-bond acceptors (Lipinski definition) is 3. The molecule has 1 heterocycles. The molecule has 1 aromatic rings. The Hall–Kier alpha value is -1.55. The second-order valence-electron chi connectivity index (χ2n) is 7.90. The third-order valence-corrected chi connectivity index (χ3v) is 6.82. The van der Waals surface area contributed by atoms with Crippen LogP contribution in [0, 0.1) is 0 Å². The van der Waals surface area contributed by atoms with Crippen molar-refractivity contribution in [3.05, 3.63) is 40.8 Å². The molecule has 0 unspecified atom stereocenters.